The van der Waals surface area contributed by atoms with E-state index in [0.29, 0.717) is 6.42 Å². The van der Waals surface area contributed by atoms with Crippen LogP contribution >= 0.6 is 0 Å². The molecule has 0 radical (unpaired) electrons. The summed E-state index contributed by atoms with van der Waals surface area (Å²) in [6.07, 6.45) is 0.221. The van der Waals surface area contributed by atoms with Crippen LogP contribution < -0.4 is 10.6 Å². The zero-order valence-corrected chi connectivity index (χ0v) is 8.75. The lowest BCUT2D eigenvalue weighted by molar-refractivity contribution is -0.146. The Balaban J connectivity index is 2.73. The average molecular weight is 214 g/mol. The fraction of sp³-hybridized carbons (Fsp3) is 0.667. The van der Waals surface area contributed by atoms with Crippen molar-refractivity contribution in [3.05, 3.63) is 0 Å². The third kappa shape index (κ3) is 2.26. The second kappa shape index (κ2) is 4.29. The normalized spacial score (nSPS) is 24.7. The van der Waals surface area contributed by atoms with Gasteiger partial charge in [0, 0.05) is 0 Å². The van der Waals surface area contributed by atoms with Crippen LogP contribution in [-0.4, -0.2) is 30.1 Å². The first kappa shape index (κ1) is 11.5. The predicted molar refractivity (Wildman–Crippen MR) is 50.9 cm³/mol. The lowest BCUT2D eigenvalue weighted by atomic mass is 9.92. The minimum absolute atomic E-state index is 0.130. The van der Waals surface area contributed by atoms with E-state index >= 15 is 0 Å². The molecule has 84 valence electrons. The van der Waals surface area contributed by atoms with Crippen LogP contribution in [0.25, 0.3) is 0 Å². The van der Waals surface area contributed by atoms with Gasteiger partial charge in [-0.3, -0.25) is 14.9 Å². The van der Waals surface area contributed by atoms with Crippen LogP contribution in [0, 0.1) is 0 Å². The number of ether oxygens (including phenoxy) is 1. The molecular weight excluding hydrogens is 200 g/mol. The third-order valence-corrected chi connectivity index (χ3v) is 2.37. The Morgan fingerprint density at radius 3 is 2.47 bits per heavy atom. The number of amides is 3. The van der Waals surface area contributed by atoms with E-state index in [1.165, 1.54) is 0 Å². The molecule has 1 atom stereocenters. The number of carbonyl (C=O) groups excluding carboxylic acids is 3. The summed E-state index contributed by atoms with van der Waals surface area (Å²) in [4.78, 5) is 33.7. The Bertz CT molecular complexity index is 302. The fourth-order valence-corrected chi connectivity index (χ4v) is 1.48. The molecule has 0 aromatic rings. The van der Waals surface area contributed by atoms with E-state index in [1.54, 1.807) is 13.8 Å². The Morgan fingerprint density at radius 2 is 2.07 bits per heavy atom. The minimum atomic E-state index is -1.14. The van der Waals surface area contributed by atoms with Crippen LogP contribution in [-0.2, 0) is 14.3 Å². The van der Waals surface area contributed by atoms with Crippen LogP contribution in [0.2, 0.25) is 0 Å². The Hall–Kier alpha value is -1.59. The Labute approximate surface area is 87.4 Å². The smallest absolute Gasteiger partial charge is 0.322 e. The van der Waals surface area contributed by atoms with Crippen molar-refractivity contribution < 1.29 is 19.1 Å². The van der Waals surface area contributed by atoms with Crippen molar-refractivity contribution in [3.63, 3.8) is 0 Å². The summed E-state index contributed by atoms with van der Waals surface area (Å²) >= 11 is 0. The molecule has 1 rings (SSSR count). The molecule has 1 heterocycles. The van der Waals surface area contributed by atoms with E-state index in [1.807, 2.05) is 0 Å². The number of carbonyl (C=O) groups is 3. The molecule has 0 saturated carbocycles. The molecular formula is C9H14N2O4. The van der Waals surface area contributed by atoms with Crippen molar-refractivity contribution in [2.45, 2.75) is 32.2 Å². The lowest BCUT2D eigenvalue weighted by Gasteiger charge is -2.22. The molecule has 6 nitrogen and oxygen atoms in total. The van der Waals surface area contributed by atoms with Gasteiger partial charge >= 0.3 is 12.0 Å². The molecule has 6 heteroatoms. The van der Waals surface area contributed by atoms with Gasteiger partial charge in [0.05, 0.1) is 13.0 Å². The number of urea groups is 1. The van der Waals surface area contributed by atoms with E-state index in [4.69, 9.17) is 4.74 Å². The first-order valence-electron chi connectivity index (χ1n) is 4.83. The van der Waals surface area contributed by atoms with Gasteiger partial charge < -0.3 is 10.1 Å². The second-order valence-electron chi connectivity index (χ2n) is 3.33. The van der Waals surface area contributed by atoms with Crippen LogP contribution in [0.5, 0.6) is 0 Å². The number of nitrogens with one attached hydrogen (secondary N) is 2. The number of imide groups is 1. The highest BCUT2D eigenvalue weighted by Gasteiger charge is 2.46. The molecule has 3 amide bonds. The summed E-state index contributed by atoms with van der Waals surface area (Å²) in [6, 6.07) is -0.564. The SMILES string of the molecule is CCOC(=O)CC1(CC)NC(=O)NC1=O. The molecule has 0 aromatic carbocycles. The second-order valence-corrected chi connectivity index (χ2v) is 3.33. The van der Waals surface area contributed by atoms with Crippen LogP contribution in [0.3, 0.4) is 0 Å². The molecule has 15 heavy (non-hydrogen) atoms. The maximum atomic E-state index is 11.5. The zero-order valence-electron chi connectivity index (χ0n) is 8.75. The minimum Gasteiger partial charge on any atom is -0.466 e. The van der Waals surface area contributed by atoms with Gasteiger partial charge in [-0.2, -0.15) is 0 Å². The van der Waals surface area contributed by atoms with E-state index in [0.717, 1.165) is 0 Å². The number of esters is 1. The molecule has 2 N–H and O–H groups in total. The summed E-state index contributed by atoms with van der Waals surface area (Å²) < 4.78 is 4.74. The molecule has 0 spiro atoms. The topological polar surface area (TPSA) is 84.5 Å². The monoisotopic (exact) mass is 214 g/mol. The molecule has 1 fully saturated rings. The maximum Gasteiger partial charge on any atom is 0.322 e. The van der Waals surface area contributed by atoms with Crippen molar-refractivity contribution in [1.82, 2.24) is 10.6 Å². The summed E-state index contributed by atoms with van der Waals surface area (Å²) in [6.45, 7) is 3.67. The summed E-state index contributed by atoms with van der Waals surface area (Å²) in [5.74, 6) is -0.959. The maximum absolute atomic E-state index is 11.5. The highest BCUT2D eigenvalue weighted by atomic mass is 16.5. The van der Waals surface area contributed by atoms with Crippen molar-refractivity contribution in [2.24, 2.45) is 0 Å². The average Bonchev–Trinajstić information content (AvgIpc) is 2.42. The zero-order chi connectivity index (χ0) is 11.5. The fourth-order valence-electron chi connectivity index (χ4n) is 1.48. The molecule has 1 aliphatic heterocycles. The highest BCUT2D eigenvalue weighted by Crippen LogP contribution is 2.20. The molecule has 0 aromatic heterocycles. The van der Waals surface area contributed by atoms with Gasteiger partial charge in [0.15, 0.2) is 0 Å². The summed E-state index contributed by atoms with van der Waals surface area (Å²) in [5.41, 5.74) is -1.14. The van der Waals surface area contributed by atoms with Crippen LogP contribution in [0.1, 0.15) is 26.7 Å². The molecule has 1 unspecified atom stereocenters. The van der Waals surface area contributed by atoms with Gasteiger partial charge in [-0.15, -0.1) is 0 Å². The first-order valence-corrected chi connectivity index (χ1v) is 4.83. The lowest BCUT2D eigenvalue weighted by Crippen LogP contribution is -2.48. The van der Waals surface area contributed by atoms with Crippen LogP contribution in [0.4, 0.5) is 4.79 Å². The predicted octanol–water partition coefficient (Wildman–Crippen LogP) is -0.0722. The van der Waals surface area contributed by atoms with Crippen molar-refractivity contribution in [1.29, 1.82) is 0 Å². The molecule has 0 bridgehead atoms. The number of rotatable bonds is 4. The van der Waals surface area contributed by atoms with Gasteiger partial charge in [0.25, 0.3) is 5.91 Å². The Morgan fingerprint density at radius 1 is 1.40 bits per heavy atom. The van der Waals surface area contributed by atoms with Gasteiger partial charge in [0.2, 0.25) is 0 Å². The molecule has 0 aliphatic carbocycles. The van der Waals surface area contributed by atoms with Gasteiger partial charge in [-0.1, -0.05) is 6.92 Å². The third-order valence-electron chi connectivity index (χ3n) is 2.37. The highest BCUT2D eigenvalue weighted by molar-refractivity contribution is 6.08. The van der Waals surface area contributed by atoms with Crippen molar-refractivity contribution in [3.8, 4) is 0 Å². The van der Waals surface area contributed by atoms with E-state index < -0.39 is 23.4 Å². The summed E-state index contributed by atoms with van der Waals surface area (Å²) in [5, 5.41) is 4.57. The van der Waals surface area contributed by atoms with Gasteiger partial charge in [-0.25, -0.2) is 4.79 Å². The van der Waals surface area contributed by atoms with Crippen LogP contribution in [0.15, 0.2) is 0 Å². The van der Waals surface area contributed by atoms with Gasteiger partial charge in [-0.05, 0) is 13.3 Å². The molecule has 1 saturated heterocycles. The largest absolute Gasteiger partial charge is 0.466 e. The first-order chi connectivity index (χ1) is 7.04. The van der Waals surface area contributed by atoms with Crippen molar-refractivity contribution >= 4 is 17.9 Å². The number of hydrogen-bond donors (Lipinski definition) is 2. The van der Waals surface area contributed by atoms with Crippen molar-refractivity contribution in [2.75, 3.05) is 6.61 Å². The quantitative estimate of drug-likeness (QED) is 0.506. The molecule has 1 aliphatic rings. The Kier molecular flexibility index (Phi) is 3.28. The standard InChI is InChI=1S/C9H14N2O4/c1-3-9(5-6(12)15-4-2)7(13)10-8(14)11-9/h3-5H2,1-2H3,(H2,10,11,13,14). The summed E-state index contributed by atoms with van der Waals surface area (Å²) in [7, 11) is 0. The van der Waals surface area contributed by atoms with Gasteiger partial charge in [0.1, 0.15) is 5.54 Å². The van der Waals surface area contributed by atoms with E-state index in [-0.39, 0.29) is 13.0 Å². The van der Waals surface area contributed by atoms with E-state index in [2.05, 4.69) is 10.6 Å². The van der Waals surface area contributed by atoms with E-state index in [9.17, 15) is 14.4 Å². The number of hydrogen-bond acceptors (Lipinski definition) is 4.